The first-order chi connectivity index (χ1) is 22.6. The molecule has 1 aliphatic heterocycles. The molecule has 3 unspecified atom stereocenters. The average Bonchev–Trinajstić information content (AvgIpc) is 3.03. The van der Waals surface area contributed by atoms with Crippen LogP contribution in [0.4, 0.5) is 26.3 Å². The highest BCUT2D eigenvalue weighted by Crippen LogP contribution is 2.37. The zero-order valence-electron chi connectivity index (χ0n) is 28.3. The summed E-state index contributed by atoms with van der Waals surface area (Å²) in [6.07, 6.45) is -3.57. The van der Waals surface area contributed by atoms with Crippen molar-refractivity contribution in [3.05, 3.63) is 94.5 Å². The van der Waals surface area contributed by atoms with Crippen molar-refractivity contribution in [3.8, 4) is 11.1 Å². The van der Waals surface area contributed by atoms with Gasteiger partial charge in [0.05, 0.1) is 23.7 Å². The van der Waals surface area contributed by atoms with Gasteiger partial charge in [0.1, 0.15) is 0 Å². The van der Waals surface area contributed by atoms with Crippen molar-refractivity contribution in [2.45, 2.75) is 90.4 Å². The maximum atomic E-state index is 13.3. The van der Waals surface area contributed by atoms with Gasteiger partial charge in [-0.2, -0.15) is 26.3 Å². The Morgan fingerprint density at radius 1 is 0.875 bits per heavy atom. The monoisotopic (exact) mass is 675 g/mol. The Labute approximate surface area is 280 Å². The number of rotatable bonds is 13. The van der Waals surface area contributed by atoms with Gasteiger partial charge in [-0.15, -0.1) is 0 Å². The van der Waals surface area contributed by atoms with Gasteiger partial charge >= 0.3 is 18.3 Å². The van der Waals surface area contributed by atoms with Crippen LogP contribution in [0.3, 0.4) is 0 Å². The van der Waals surface area contributed by atoms with Gasteiger partial charge in [-0.1, -0.05) is 63.2 Å². The molecule has 48 heavy (non-hydrogen) atoms. The largest absolute Gasteiger partial charge is 0.466 e. The van der Waals surface area contributed by atoms with Gasteiger partial charge in [0.2, 0.25) is 0 Å². The Balaban J connectivity index is 1.49. The Hall–Kier alpha value is -3.33. The number of hydrogen-bond donors (Lipinski definition) is 0. The number of carbonyl (C=O) groups excluding carboxylic acids is 1. The summed E-state index contributed by atoms with van der Waals surface area (Å²) in [7, 11) is 0. The molecular weight excluding hydrogens is 628 g/mol. The average molecular weight is 676 g/mol. The van der Waals surface area contributed by atoms with Crippen molar-refractivity contribution in [2.75, 3.05) is 26.2 Å². The molecule has 4 rings (SSSR count). The van der Waals surface area contributed by atoms with E-state index in [1.165, 1.54) is 12.1 Å². The van der Waals surface area contributed by atoms with Gasteiger partial charge in [0.25, 0.3) is 0 Å². The first kappa shape index (κ1) is 37.5. The van der Waals surface area contributed by atoms with Gasteiger partial charge < -0.3 is 9.64 Å². The molecule has 3 atom stereocenters. The number of benzene rings is 3. The first-order valence-electron chi connectivity index (χ1n) is 17.0. The van der Waals surface area contributed by atoms with E-state index in [0.29, 0.717) is 17.9 Å². The van der Waals surface area contributed by atoms with Gasteiger partial charge in [0, 0.05) is 6.54 Å². The number of likely N-dealkylation sites (tertiary alicyclic amines) is 1. The minimum absolute atomic E-state index is 0.193. The van der Waals surface area contributed by atoms with E-state index in [9.17, 15) is 31.1 Å². The zero-order valence-corrected chi connectivity index (χ0v) is 28.3. The molecule has 3 aromatic carbocycles. The van der Waals surface area contributed by atoms with Crippen molar-refractivity contribution < 1.29 is 35.9 Å². The van der Waals surface area contributed by atoms with E-state index in [-0.39, 0.29) is 24.4 Å². The Kier molecular flexibility index (Phi) is 12.8. The lowest BCUT2D eigenvalue weighted by molar-refractivity contribution is -0.145. The Morgan fingerprint density at radius 3 is 2.08 bits per heavy atom. The summed E-state index contributed by atoms with van der Waals surface area (Å²) in [4.78, 5) is 15.6. The van der Waals surface area contributed by atoms with Crippen LogP contribution in [-0.2, 0) is 28.3 Å². The van der Waals surface area contributed by atoms with Gasteiger partial charge in [0.15, 0.2) is 0 Å². The molecule has 3 aromatic rings. The van der Waals surface area contributed by atoms with Crippen molar-refractivity contribution in [1.29, 1.82) is 0 Å². The fourth-order valence-corrected chi connectivity index (χ4v) is 6.74. The molecule has 0 amide bonds. The molecule has 0 bridgehead atoms. The molecule has 1 fully saturated rings. The predicted molar refractivity (Wildman–Crippen MR) is 178 cm³/mol. The number of carbonyl (C=O) groups is 1. The number of alkyl halides is 6. The van der Waals surface area contributed by atoms with Crippen LogP contribution < -0.4 is 0 Å². The Bertz CT molecular complexity index is 1460. The third kappa shape index (κ3) is 10.6. The highest BCUT2D eigenvalue weighted by atomic mass is 19.4. The summed E-state index contributed by atoms with van der Waals surface area (Å²) < 4.78 is 84.1. The number of piperidine rings is 1. The molecule has 0 saturated carbocycles. The second-order valence-electron chi connectivity index (χ2n) is 13.7. The van der Waals surface area contributed by atoms with Crippen LogP contribution in [-0.4, -0.2) is 37.1 Å². The normalized spacial score (nSPS) is 17.4. The quantitative estimate of drug-likeness (QED) is 0.133. The summed E-state index contributed by atoms with van der Waals surface area (Å²) in [6.45, 7) is 11.0. The van der Waals surface area contributed by atoms with Crippen LogP contribution in [0.5, 0.6) is 0 Å². The molecule has 1 aliphatic rings. The highest BCUT2D eigenvalue weighted by Gasteiger charge is 2.31. The van der Waals surface area contributed by atoms with Crippen LogP contribution >= 0.6 is 0 Å². The smallest absolute Gasteiger partial charge is 0.416 e. The van der Waals surface area contributed by atoms with E-state index in [0.717, 1.165) is 98.3 Å². The molecule has 1 heterocycles. The summed E-state index contributed by atoms with van der Waals surface area (Å²) in [5, 5.41) is 0. The number of halogens is 6. The molecule has 1 saturated heterocycles. The number of nitrogens with zero attached hydrogens (tertiary/aromatic N) is 1. The van der Waals surface area contributed by atoms with Crippen LogP contribution in [0.2, 0.25) is 0 Å². The van der Waals surface area contributed by atoms with Gasteiger partial charge in [-0.25, -0.2) is 0 Å². The van der Waals surface area contributed by atoms with E-state index < -0.39 is 29.4 Å². The van der Waals surface area contributed by atoms with Crippen LogP contribution in [0.15, 0.2) is 66.7 Å². The molecule has 0 N–H and O–H groups in total. The van der Waals surface area contributed by atoms with Crippen molar-refractivity contribution >= 4 is 5.97 Å². The maximum absolute atomic E-state index is 13.3. The van der Waals surface area contributed by atoms with E-state index in [1.54, 1.807) is 19.1 Å². The van der Waals surface area contributed by atoms with Crippen molar-refractivity contribution in [2.24, 2.45) is 11.8 Å². The highest BCUT2D eigenvalue weighted by molar-refractivity contribution is 5.79. The van der Waals surface area contributed by atoms with Crippen molar-refractivity contribution in [3.63, 3.8) is 0 Å². The topological polar surface area (TPSA) is 29.5 Å². The van der Waals surface area contributed by atoms with Gasteiger partial charge in [-0.05, 0) is 128 Å². The molecular formula is C39H47F6NO2. The second kappa shape index (κ2) is 16.4. The molecule has 9 heteroatoms. The van der Waals surface area contributed by atoms with Crippen LogP contribution in [0.25, 0.3) is 11.1 Å². The zero-order chi connectivity index (χ0) is 35.1. The molecule has 262 valence electrons. The maximum Gasteiger partial charge on any atom is 0.416 e. The number of esters is 1. The lowest BCUT2D eigenvalue weighted by Crippen LogP contribution is -2.35. The Morgan fingerprint density at radius 2 is 1.50 bits per heavy atom. The molecule has 3 nitrogen and oxygen atoms in total. The van der Waals surface area contributed by atoms with E-state index in [2.05, 4.69) is 37.8 Å². The first-order valence-corrected chi connectivity index (χ1v) is 17.0. The fourth-order valence-electron chi connectivity index (χ4n) is 6.74. The third-order valence-electron chi connectivity index (χ3n) is 9.22. The minimum atomic E-state index is -4.43. The van der Waals surface area contributed by atoms with Crippen LogP contribution in [0.1, 0.15) is 99.5 Å². The second-order valence-corrected chi connectivity index (χ2v) is 13.7. The summed E-state index contributed by atoms with van der Waals surface area (Å²) in [5.41, 5.74) is 2.90. The van der Waals surface area contributed by atoms with Crippen molar-refractivity contribution in [1.82, 2.24) is 4.90 Å². The van der Waals surface area contributed by atoms with Gasteiger partial charge in [-0.3, -0.25) is 4.79 Å². The van der Waals surface area contributed by atoms with E-state index >= 15 is 0 Å². The predicted octanol–water partition coefficient (Wildman–Crippen LogP) is 10.9. The fraction of sp³-hybridized carbons (Fsp3) is 0.513. The minimum Gasteiger partial charge on any atom is -0.466 e. The standard InChI is InChI=1S/C39H47F6NO2/c1-5-48-37(47)36(20-26(2)3)33-23-31(29-12-16-35(17-13-29)39(43,44)45)22-32(24-33)30-9-7-19-46(25-30)18-6-8-27(4)21-28-10-14-34(15-11-28)38(40,41)42/h10-17,22-24,26-27,30,36H,5-9,18-21,25H2,1-4H3. The molecule has 0 spiro atoms. The number of hydrogen-bond acceptors (Lipinski definition) is 3. The number of ether oxygens (including phenoxy) is 1. The lowest BCUT2D eigenvalue weighted by atomic mass is 9.83. The SMILES string of the molecule is CCOC(=O)C(CC(C)C)c1cc(-c2ccc(C(F)(F)F)cc2)cc(C2CCCN(CCCC(C)Cc3ccc(C(F)(F)F)cc3)C2)c1. The van der Waals surface area contributed by atoms with Crippen LogP contribution in [0, 0.1) is 11.8 Å². The summed E-state index contributed by atoms with van der Waals surface area (Å²) in [6, 6.07) is 16.7. The lowest BCUT2D eigenvalue weighted by Gasteiger charge is -2.34. The van der Waals surface area contributed by atoms with E-state index in [1.807, 2.05) is 6.07 Å². The molecule has 0 aliphatic carbocycles. The summed E-state index contributed by atoms with van der Waals surface area (Å²) in [5.74, 6) is -0.0322. The molecule has 0 radical (unpaired) electrons. The molecule has 0 aromatic heterocycles. The summed E-state index contributed by atoms with van der Waals surface area (Å²) >= 11 is 0. The third-order valence-corrected chi connectivity index (χ3v) is 9.22. The van der Waals surface area contributed by atoms with E-state index in [4.69, 9.17) is 4.74 Å².